The van der Waals surface area contributed by atoms with E-state index in [0.717, 1.165) is 0 Å². The van der Waals surface area contributed by atoms with Crippen LogP contribution in [0.1, 0.15) is 20.3 Å². The predicted molar refractivity (Wildman–Crippen MR) is 55.1 cm³/mol. The third-order valence-corrected chi connectivity index (χ3v) is 3.38. The van der Waals surface area contributed by atoms with Crippen molar-refractivity contribution in [3.8, 4) is 6.07 Å². The smallest absolute Gasteiger partial charge is 0.114 e. The molecule has 0 aromatic rings. The number of nitriles is 1. The van der Waals surface area contributed by atoms with Gasteiger partial charge in [0, 0.05) is 13.7 Å². The number of rotatable bonds is 4. The number of hydrogen-bond acceptors (Lipinski definition) is 4. The van der Waals surface area contributed by atoms with E-state index in [1.807, 2.05) is 13.8 Å². The summed E-state index contributed by atoms with van der Waals surface area (Å²) in [6.07, 6.45) is 0.571. The average molecular weight is 213 g/mol. The van der Waals surface area contributed by atoms with Gasteiger partial charge < -0.3 is 14.6 Å². The highest BCUT2D eigenvalue weighted by Gasteiger charge is 2.55. The Morgan fingerprint density at radius 2 is 2.33 bits per heavy atom. The molecule has 4 nitrogen and oxygen atoms in total. The first-order valence-corrected chi connectivity index (χ1v) is 5.23. The Morgan fingerprint density at radius 1 is 1.67 bits per heavy atom. The number of methoxy groups -OCH3 is 1. The van der Waals surface area contributed by atoms with Crippen LogP contribution >= 0.6 is 0 Å². The summed E-state index contributed by atoms with van der Waals surface area (Å²) in [5.74, 6) is -0.0428. The molecule has 0 amide bonds. The summed E-state index contributed by atoms with van der Waals surface area (Å²) in [6.45, 7) is 4.79. The summed E-state index contributed by atoms with van der Waals surface area (Å²) in [4.78, 5) is 0. The first-order valence-electron chi connectivity index (χ1n) is 5.23. The monoisotopic (exact) mass is 213 g/mol. The van der Waals surface area contributed by atoms with Gasteiger partial charge in [0.05, 0.1) is 19.3 Å². The zero-order valence-corrected chi connectivity index (χ0v) is 9.62. The van der Waals surface area contributed by atoms with Crippen molar-refractivity contribution in [3.05, 3.63) is 0 Å². The van der Waals surface area contributed by atoms with Gasteiger partial charge in [0.15, 0.2) is 0 Å². The minimum absolute atomic E-state index is 0.0428. The first kappa shape index (κ1) is 12.4. The largest absolute Gasteiger partial charge is 0.385 e. The molecule has 86 valence electrons. The maximum atomic E-state index is 10.6. The van der Waals surface area contributed by atoms with Crippen molar-refractivity contribution in [2.45, 2.75) is 25.9 Å². The fourth-order valence-electron chi connectivity index (χ4n) is 2.17. The highest BCUT2D eigenvalue weighted by Crippen LogP contribution is 2.43. The van der Waals surface area contributed by atoms with Gasteiger partial charge in [-0.2, -0.15) is 5.26 Å². The Bertz CT molecular complexity index is 253. The molecule has 0 aromatic heterocycles. The first-order chi connectivity index (χ1) is 7.02. The average Bonchev–Trinajstić information content (AvgIpc) is 2.67. The lowest BCUT2D eigenvalue weighted by atomic mass is 9.67. The van der Waals surface area contributed by atoms with E-state index >= 15 is 0 Å². The molecule has 1 heterocycles. The summed E-state index contributed by atoms with van der Waals surface area (Å²) in [7, 11) is 1.54. The number of nitrogens with zero attached hydrogens (tertiary/aromatic N) is 1. The quantitative estimate of drug-likeness (QED) is 0.755. The summed E-state index contributed by atoms with van der Waals surface area (Å²) < 4.78 is 10.3. The molecule has 4 heteroatoms. The van der Waals surface area contributed by atoms with Crippen molar-refractivity contribution < 1.29 is 14.6 Å². The molecule has 2 atom stereocenters. The van der Waals surface area contributed by atoms with Gasteiger partial charge in [0.25, 0.3) is 0 Å². The standard InChI is InChI=1S/C11H19NO3/c1-9(2)11(13,8-14-3)10(6-12)4-5-15-7-10/h9,13H,4-5,7-8H2,1-3H3. The van der Waals surface area contributed by atoms with Crippen LogP contribution in [0.25, 0.3) is 0 Å². The van der Waals surface area contributed by atoms with Gasteiger partial charge in [-0.05, 0) is 12.3 Å². The number of aliphatic hydroxyl groups is 1. The lowest BCUT2D eigenvalue weighted by Crippen LogP contribution is -2.55. The summed E-state index contributed by atoms with van der Waals surface area (Å²) in [5, 5.41) is 19.9. The van der Waals surface area contributed by atoms with Crippen LogP contribution < -0.4 is 0 Å². The van der Waals surface area contributed by atoms with Crippen LogP contribution in [0.4, 0.5) is 0 Å². The van der Waals surface area contributed by atoms with Gasteiger partial charge in [-0.1, -0.05) is 13.8 Å². The molecule has 0 bridgehead atoms. The van der Waals surface area contributed by atoms with Gasteiger partial charge in [0.2, 0.25) is 0 Å². The van der Waals surface area contributed by atoms with Gasteiger partial charge in [-0.15, -0.1) is 0 Å². The van der Waals surface area contributed by atoms with E-state index in [2.05, 4.69) is 6.07 Å². The molecule has 15 heavy (non-hydrogen) atoms. The van der Waals surface area contributed by atoms with E-state index in [1.54, 1.807) is 0 Å². The van der Waals surface area contributed by atoms with Gasteiger partial charge >= 0.3 is 0 Å². The van der Waals surface area contributed by atoms with E-state index in [9.17, 15) is 10.4 Å². The molecular formula is C11H19NO3. The minimum atomic E-state index is -1.13. The Kier molecular flexibility index (Phi) is 3.72. The van der Waals surface area contributed by atoms with Crippen LogP contribution in [0.3, 0.4) is 0 Å². The Labute approximate surface area is 90.8 Å². The predicted octanol–water partition coefficient (Wildman–Crippen LogP) is 0.950. The molecule has 1 saturated heterocycles. The van der Waals surface area contributed by atoms with Crippen LogP contribution in [-0.4, -0.2) is 37.6 Å². The second-order valence-electron chi connectivity index (χ2n) is 4.51. The van der Waals surface area contributed by atoms with E-state index in [1.165, 1.54) is 7.11 Å². The molecule has 1 aliphatic rings. The zero-order valence-electron chi connectivity index (χ0n) is 9.62. The molecule has 0 aliphatic carbocycles. The third kappa shape index (κ3) is 1.87. The molecule has 0 aromatic carbocycles. The number of ether oxygens (including phenoxy) is 2. The van der Waals surface area contributed by atoms with Crippen LogP contribution in [0, 0.1) is 22.7 Å². The third-order valence-electron chi connectivity index (χ3n) is 3.38. The molecule has 0 radical (unpaired) electrons. The highest BCUT2D eigenvalue weighted by atomic mass is 16.5. The molecule has 2 unspecified atom stereocenters. The summed E-state index contributed by atoms with van der Waals surface area (Å²) >= 11 is 0. The fraction of sp³-hybridized carbons (Fsp3) is 0.909. The molecule has 1 fully saturated rings. The van der Waals surface area contributed by atoms with Crippen molar-refractivity contribution in [2.24, 2.45) is 11.3 Å². The van der Waals surface area contributed by atoms with Gasteiger partial charge in [0.1, 0.15) is 11.0 Å². The van der Waals surface area contributed by atoms with Crippen molar-refractivity contribution in [2.75, 3.05) is 26.9 Å². The molecule has 1 N–H and O–H groups in total. The van der Waals surface area contributed by atoms with E-state index in [4.69, 9.17) is 9.47 Å². The number of hydrogen-bond donors (Lipinski definition) is 1. The van der Waals surface area contributed by atoms with Crippen LogP contribution in [0.5, 0.6) is 0 Å². The van der Waals surface area contributed by atoms with E-state index in [-0.39, 0.29) is 12.5 Å². The van der Waals surface area contributed by atoms with Crippen molar-refractivity contribution in [1.82, 2.24) is 0 Å². The second kappa shape index (κ2) is 4.48. The second-order valence-corrected chi connectivity index (χ2v) is 4.51. The van der Waals surface area contributed by atoms with E-state index in [0.29, 0.717) is 19.6 Å². The summed E-state index contributed by atoms with van der Waals surface area (Å²) in [6, 6.07) is 2.23. The van der Waals surface area contributed by atoms with E-state index < -0.39 is 11.0 Å². The molecule has 0 saturated carbocycles. The Hall–Kier alpha value is -0.630. The van der Waals surface area contributed by atoms with Gasteiger partial charge in [-0.25, -0.2) is 0 Å². The Balaban J connectivity index is 3.01. The molecular weight excluding hydrogens is 194 g/mol. The molecule has 1 rings (SSSR count). The fourth-order valence-corrected chi connectivity index (χ4v) is 2.17. The topological polar surface area (TPSA) is 62.5 Å². The van der Waals surface area contributed by atoms with Crippen molar-refractivity contribution in [3.63, 3.8) is 0 Å². The van der Waals surface area contributed by atoms with Crippen molar-refractivity contribution >= 4 is 0 Å². The lowest BCUT2D eigenvalue weighted by molar-refractivity contribution is -0.133. The molecule has 1 aliphatic heterocycles. The molecule has 0 spiro atoms. The van der Waals surface area contributed by atoms with Crippen molar-refractivity contribution in [1.29, 1.82) is 5.26 Å². The van der Waals surface area contributed by atoms with Crippen LogP contribution in [0.15, 0.2) is 0 Å². The van der Waals surface area contributed by atoms with Gasteiger partial charge in [-0.3, -0.25) is 0 Å². The van der Waals surface area contributed by atoms with Crippen LogP contribution in [-0.2, 0) is 9.47 Å². The highest BCUT2D eigenvalue weighted by molar-refractivity contribution is 5.14. The normalized spacial score (nSPS) is 30.1. The Morgan fingerprint density at radius 3 is 2.67 bits per heavy atom. The van der Waals surface area contributed by atoms with Crippen LogP contribution in [0.2, 0.25) is 0 Å². The minimum Gasteiger partial charge on any atom is -0.385 e. The SMILES string of the molecule is COCC(O)(C(C)C)C1(C#N)CCOC1. The maximum Gasteiger partial charge on any atom is 0.114 e. The lowest BCUT2D eigenvalue weighted by Gasteiger charge is -2.41. The summed E-state index contributed by atoms with van der Waals surface area (Å²) in [5.41, 5.74) is -1.95. The zero-order chi connectivity index (χ0) is 11.5. The maximum absolute atomic E-state index is 10.6.